The number of benzene rings is 1. The third-order valence-corrected chi connectivity index (χ3v) is 4.63. The fourth-order valence-corrected chi connectivity index (χ4v) is 4.05. The van der Waals surface area contributed by atoms with Gasteiger partial charge in [-0.3, -0.25) is 0 Å². The molecule has 0 radical (unpaired) electrons. The summed E-state index contributed by atoms with van der Waals surface area (Å²) in [5.74, 6) is 1.29. The number of rotatable bonds is 1. The number of hydrogen-bond acceptors (Lipinski definition) is 2. The van der Waals surface area contributed by atoms with Crippen molar-refractivity contribution in [3.63, 3.8) is 0 Å². The zero-order valence-electron chi connectivity index (χ0n) is 6.19. The van der Waals surface area contributed by atoms with Crippen LogP contribution in [0.2, 0.25) is 0 Å². The molecule has 0 amide bonds. The fraction of sp³-hybridized carbons (Fsp3) is 0.333. The van der Waals surface area contributed by atoms with Gasteiger partial charge in [-0.05, 0) is 5.56 Å². The van der Waals surface area contributed by atoms with E-state index in [4.69, 9.17) is 0 Å². The van der Waals surface area contributed by atoms with Crippen molar-refractivity contribution < 1.29 is 0 Å². The fourth-order valence-electron chi connectivity index (χ4n) is 1.19. The highest BCUT2D eigenvalue weighted by molar-refractivity contribution is 8.19. The first kappa shape index (κ1) is 7.56. The van der Waals surface area contributed by atoms with Crippen LogP contribution in [-0.2, 0) is 0 Å². The molecule has 1 aromatic rings. The van der Waals surface area contributed by atoms with Crippen LogP contribution in [0.4, 0.5) is 0 Å². The van der Waals surface area contributed by atoms with Crippen LogP contribution >= 0.6 is 23.5 Å². The molecule has 0 nitrogen and oxygen atoms in total. The molecule has 1 aromatic carbocycles. The Hall–Kier alpha value is -0.0800. The van der Waals surface area contributed by atoms with Crippen LogP contribution in [0, 0.1) is 0 Å². The molecule has 1 fully saturated rings. The molecule has 0 saturated carbocycles. The van der Waals surface area contributed by atoms with Gasteiger partial charge in [0.1, 0.15) is 0 Å². The van der Waals surface area contributed by atoms with Crippen molar-refractivity contribution in [3.8, 4) is 0 Å². The van der Waals surface area contributed by atoms with E-state index < -0.39 is 0 Å². The Kier molecular flexibility index (Phi) is 2.44. The first-order valence-corrected chi connectivity index (χ1v) is 5.91. The van der Waals surface area contributed by atoms with Crippen LogP contribution in [-0.4, -0.2) is 10.8 Å². The standard InChI is InChI=1S/C9H10S2/c1-2-4-8(5-3-1)9-6-10-7-11-9/h1-5,9H,6-7H2. The van der Waals surface area contributed by atoms with Crippen molar-refractivity contribution in [2.75, 3.05) is 10.8 Å². The largest absolute Gasteiger partial charge is 0.150 e. The van der Waals surface area contributed by atoms with E-state index in [0.717, 1.165) is 5.25 Å². The maximum Gasteiger partial charge on any atom is 0.0399 e. The van der Waals surface area contributed by atoms with Gasteiger partial charge in [-0.25, -0.2) is 0 Å². The van der Waals surface area contributed by atoms with Gasteiger partial charge in [-0.2, -0.15) is 0 Å². The molecule has 1 atom stereocenters. The van der Waals surface area contributed by atoms with Gasteiger partial charge in [-0.15, -0.1) is 23.5 Å². The van der Waals surface area contributed by atoms with Crippen LogP contribution in [0.25, 0.3) is 0 Å². The molecule has 1 aliphatic rings. The van der Waals surface area contributed by atoms with Gasteiger partial charge in [0.15, 0.2) is 0 Å². The predicted octanol–water partition coefficient (Wildman–Crippen LogP) is 3.17. The topological polar surface area (TPSA) is 0 Å². The lowest BCUT2D eigenvalue weighted by Gasteiger charge is -2.05. The van der Waals surface area contributed by atoms with Gasteiger partial charge in [0.25, 0.3) is 0 Å². The van der Waals surface area contributed by atoms with Gasteiger partial charge in [0.2, 0.25) is 0 Å². The van der Waals surface area contributed by atoms with Crippen molar-refractivity contribution in [3.05, 3.63) is 35.9 Å². The normalized spacial score (nSPS) is 23.8. The van der Waals surface area contributed by atoms with Crippen LogP contribution in [0.15, 0.2) is 30.3 Å². The lowest BCUT2D eigenvalue weighted by molar-refractivity contribution is 1.13. The van der Waals surface area contributed by atoms with Gasteiger partial charge < -0.3 is 0 Å². The first-order valence-electron chi connectivity index (χ1n) is 3.71. The molecule has 0 aliphatic carbocycles. The van der Waals surface area contributed by atoms with E-state index in [9.17, 15) is 0 Å². The van der Waals surface area contributed by atoms with E-state index in [-0.39, 0.29) is 0 Å². The van der Waals surface area contributed by atoms with Crippen molar-refractivity contribution in [2.24, 2.45) is 0 Å². The zero-order valence-corrected chi connectivity index (χ0v) is 7.83. The lowest BCUT2D eigenvalue weighted by atomic mass is 10.2. The monoisotopic (exact) mass is 182 g/mol. The van der Waals surface area contributed by atoms with Crippen molar-refractivity contribution in [1.29, 1.82) is 0 Å². The summed E-state index contributed by atoms with van der Waals surface area (Å²) in [4.78, 5) is 0. The molecule has 1 heterocycles. The van der Waals surface area contributed by atoms with Crippen molar-refractivity contribution in [2.45, 2.75) is 5.25 Å². The molecule has 0 aromatic heterocycles. The quantitative estimate of drug-likeness (QED) is 0.654. The minimum atomic E-state index is 0.751. The molecule has 1 aliphatic heterocycles. The Morgan fingerprint density at radius 2 is 2.00 bits per heavy atom. The first-order chi connectivity index (χ1) is 5.47. The smallest absolute Gasteiger partial charge is 0.0399 e. The third-order valence-electron chi connectivity index (χ3n) is 1.79. The summed E-state index contributed by atoms with van der Waals surface area (Å²) >= 11 is 4.10. The summed E-state index contributed by atoms with van der Waals surface area (Å²) in [5.41, 5.74) is 1.49. The minimum Gasteiger partial charge on any atom is -0.150 e. The Morgan fingerprint density at radius 1 is 1.18 bits per heavy atom. The van der Waals surface area contributed by atoms with Gasteiger partial charge in [0.05, 0.1) is 0 Å². The maximum absolute atomic E-state index is 2.23. The Balaban J connectivity index is 2.16. The van der Waals surface area contributed by atoms with Crippen molar-refractivity contribution >= 4 is 23.5 Å². The Morgan fingerprint density at radius 3 is 2.64 bits per heavy atom. The highest BCUT2D eigenvalue weighted by Crippen LogP contribution is 2.40. The second kappa shape index (κ2) is 3.55. The van der Waals surface area contributed by atoms with Gasteiger partial charge >= 0.3 is 0 Å². The van der Waals surface area contributed by atoms with Crippen LogP contribution in [0.3, 0.4) is 0 Å². The van der Waals surface area contributed by atoms with E-state index in [1.165, 1.54) is 16.4 Å². The molecule has 2 rings (SSSR count). The average molecular weight is 182 g/mol. The summed E-state index contributed by atoms with van der Waals surface area (Å²) in [7, 11) is 0. The van der Waals surface area contributed by atoms with E-state index in [2.05, 4.69) is 42.1 Å². The van der Waals surface area contributed by atoms with Crippen LogP contribution in [0.5, 0.6) is 0 Å². The summed E-state index contributed by atoms with van der Waals surface area (Å²) in [5, 5.41) is 2.01. The molecule has 0 N–H and O–H groups in total. The van der Waals surface area contributed by atoms with E-state index in [1.807, 2.05) is 11.8 Å². The molecule has 1 saturated heterocycles. The summed E-state index contributed by atoms with van der Waals surface area (Å²) in [6, 6.07) is 10.8. The summed E-state index contributed by atoms with van der Waals surface area (Å²) < 4.78 is 0. The SMILES string of the molecule is c1ccc(C2CSCS2)cc1. The second-order valence-corrected chi connectivity index (χ2v) is 5.14. The maximum atomic E-state index is 2.23. The molecule has 11 heavy (non-hydrogen) atoms. The van der Waals surface area contributed by atoms with E-state index >= 15 is 0 Å². The molecule has 58 valence electrons. The summed E-state index contributed by atoms with van der Waals surface area (Å²) in [6.45, 7) is 0. The van der Waals surface area contributed by atoms with Crippen LogP contribution in [0.1, 0.15) is 10.8 Å². The number of thioether (sulfide) groups is 2. The average Bonchev–Trinajstić information content (AvgIpc) is 2.58. The predicted molar refractivity (Wildman–Crippen MR) is 54.1 cm³/mol. The summed E-state index contributed by atoms with van der Waals surface area (Å²) in [6.07, 6.45) is 0. The molecular formula is C9H10S2. The third kappa shape index (κ3) is 1.74. The molecule has 1 unspecified atom stereocenters. The Labute approximate surface area is 75.8 Å². The molecule has 0 spiro atoms. The molecule has 2 heteroatoms. The van der Waals surface area contributed by atoms with Crippen molar-refractivity contribution in [1.82, 2.24) is 0 Å². The lowest BCUT2D eigenvalue weighted by Crippen LogP contribution is -1.89. The number of hydrogen-bond donors (Lipinski definition) is 0. The second-order valence-electron chi connectivity index (χ2n) is 2.55. The highest BCUT2D eigenvalue weighted by atomic mass is 32.2. The van der Waals surface area contributed by atoms with E-state index in [0.29, 0.717) is 0 Å². The minimum absolute atomic E-state index is 0.751. The van der Waals surface area contributed by atoms with E-state index in [1.54, 1.807) is 0 Å². The van der Waals surface area contributed by atoms with Gasteiger partial charge in [-0.1, -0.05) is 30.3 Å². The van der Waals surface area contributed by atoms with Crippen LogP contribution < -0.4 is 0 Å². The Bertz CT molecular complexity index is 214. The molecular weight excluding hydrogens is 172 g/mol. The van der Waals surface area contributed by atoms with Gasteiger partial charge in [0, 0.05) is 16.1 Å². The zero-order chi connectivity index (χ0) is 7.52. The molecule has 0 bridgehead atoms. The highest BCUT2D eigenvalue weighted by Gasteiger charge is 2.16.